The fourth-order valence-electron chi connectivity index (χ4n) is 6.84. The number of nitro groups is 1. The van der Waals surface area contributed by atoms with Crippen molar-refractivity contribution in [2.24, 2.45) is 0 Å². The summed E-state index contributed by atoms with van der Waals surface area (Å²) in [7, 11) is 3.55. The molecule has 58 heavy (non-hydrogen) atoms. The summed E-state index contributed by atoms with van der Waals surface area (Å²) in [6.07, 6.45) is 2.54. The quantitative estimate of drug-likeness (QED) is 0.0586. The van der Waals surface area contributed by atoms with E-state index >= 15 is 0 Å². The van der Waals surface area contributed by atoms with Gasteiger partial charge >= 0.3 is 0 Å². The number of thioether (sulfide) groups is 1. The largest absolute Gasteiger partial charge is 0.377 e. The summed E-state index contributed by atoms with van der Waals surface area (Å²) in [5, 5.41) is 15.5. The number of nitro benzene ring substituents is 1. The van der Waals surface area contributed by atoms with Gasteiger partial charge in [0.05, 0.1) is 15.5 Å². The fourth-order valence-corrected chi connectivity index (χ4v) is 8.82. The highest BCUT2D eigenvalue weighted by atomic mass is 32.2. The maximum atomic E-state index is 13.4. The van der Waals surface area contributed by atoms with Crippen molar-refractivity contribution in [1.82, 2.24) is 19.5 Å². The van der Waals surface area contributed by atoms with Crippen LogP contribution in [0.2, 0.25) is 0 Å². The van der Waals surface area contributed by atoms with Crippen LogP contribution in [0.25, 0.3) is 11.3 Å². The molecule has 1 saturated heterocycles. The number of sulfonamides is 1. The SMILES string of the molecule is CN(C)CC[C@H](CSc1ccccc1)Nc1ccc(S(=O)(=O)NC(=O)c2ccc(N3CCN(Cc4cccnc4-c4ccccc4N(C)C)CC3)cc2)cc1[N+](=O)[O-]. The van der Waals surface area contributed by atoms with Gasteiger partial charge in [0.15, 0.2) is 0 Å². The molecular weight excluding hydrogens is 773 g/mol. The predicted molar refractivity (Wildman–Crippen MR) is 233 cm³/mol. The van der Waals surface area contributed by atoms with Crippen LogP contribution >= 0.6 is 11.8 Å². The van der Waals surface area contributed by atoms with E-state index in [0.29, 0.717) is 12.2 Å². The topological polar surface area (TPSA) is 144 Å². The van der Waals surface area contributed by atoms with E-state index in [2.05, 4.69) is 42.9 Å². The number of para-hydroxylation sites is 1. The maximum absolute atomic E-state index is 13.4. The molecule has 1 atom stereocenters. The first kappa shape index (κ1) is 42.1. The summed E-state index contributed by atoms with van der Waals surface area (Å²) in [6.45, 7) is 4.71. The number of anilines is 3. The van der Waals surface area contributed by atoms with E-state index in [1.165, 1.54) is 12.1 Å². The Morgan fingerprint density at radius 2 is 1.60 bits per heavy atom. The number of piperazine rings is 1. The van der Waals surface area contributed by atoms with Crippen LogP contribution in [0, 0.1) is 10.1 Å². The summed E-state index contributed by atoms with van der Waals surface area (Å²) >= 11 is 1.63. The number of nitrogens with one attached hydrogen (secondary N) is 2. The summed E-state index contributed by atoms with van der Waals surface area (Å²) < 4.78 is 28.9. The van der Waals surface area contributed by atoms with Crippen molar-refractivity contribution in [3.63, 3.8) is 0 Å². The normalized spacial score (nSPS) is 13.9. The molecule has 13 nitrogen and oxygen atoms in total. The van der Waals surface area contributed by atoms with Crippen LogP contribution in [0.3, 0.4) is 0 Å². The molecule has 1 aromatic heterocycles. The Balaban J connectivity index is 1.06. The second kappa shape index (κ2) is 19.3. The minimum atomic E-state index is -4.43. The van der Waals surface area contributed by atoms with E-state index in [-0.39, 0.29) is 22.2 Å². The van der Waals surface area contributed by atoms with Gasteiger partial charge in [-0.15, -0.1) is 11.8 Å². The van der Waals surface area contributed by atoms with Gasteiger partial charge in [-0.1, -0.05) is 42.5 Å². The molecule has 0 spiro atoms. The van der Waals surface area contributed by atoms with Gasteiger partial charge in [0.2, 0.25) is 0 Å². The second-order valence-corrected chi connectivity index (χ2v) is 17.4. The first-order valence-electron chi connectivity index (χ1n) is 19.1. The van der Waals surface area contributed by atoms with Crippen LogP contribution < -0.4 is 19.8 Å². The molecule has 1 aliphatic heterocycles. The third-order valence-corrected chi connectivity index (χ3v) is 12.5. The number of aromatic nitrogens is 1. The van der Waals surface area contributed by atoms with E-state index in [1.807, 2.05) is 100.0 Å². The molecule has 0 radical (unpaired) electrons. The smallest absolute Gasteiger partial charge is 0.293 e. The van der Waals surface area contributed by atoms with Crippen molar-refractivity contribution in [1.29, 1.82) is 0 Å². The van der Waals surface area contributed by atoms with Gasteiger partial charge in [-0.2, -0.15) is 0 Å². The lowest BCUT2D eigenvalue weighted by Crippen LogP contribution is -2.46. The minimum absolute atomic E-state index is 0.142. The molecule has 1 aliphatic rings. The van der Waals surface area contributed by atoms with E-state index in [9.17, 15) is 23.3 Å². The number of amides is 1. The molecule has 4 aromatic carbocycles. The van der Waals surface area contributed by atoms with Gasteiger partial charge in [0.25, 0.3) is 21.6 Å². The number of hydrogen-bond donors (Lipinski definition) is 2. The Bertz CT molecular complexity index is 2280. The monoisotopic (exact) mass is 822 g/mol. The summed E-state index contributed by atoms with van der Waals surface area (Å²) in [5.74, 6) is -0.188. The third-order valence-electron chi connectivity index (χ3n) is 9.98. The number of carbonyl (C=O) groups is 1. The lowest BCUT2D eigenvalue weighted by Gasteiger charge is -2.36. The lowest BCUT2D eigenvalue weighted by molar-refractivity contribution is -0.384. The maximum Gasteiger partial charge on any atom is 0.293 e. The zero-order chi connectivity index (χ0) is 41.2. The molecule has 2 heterocycles. The number of carbonyl (C=O) groups excluding carboxylic acids is 1. The van der Waals surface area contributed by atoms with Crippen molar-refractivity contribution < 1.29 is 18.1 Å². The molecule has 0 aliphatic carbocycles. The second-order valence-electron chi connectivity index (χ2n) is 14.7. The number of hydrogen-bond acceptors (Lipinski definition) is 12. The zero-order valence-corrected chi connectivity index (χ0v) is 34.9. The van der Waals surface area contributed by atoms with Crippen LogP contribution in [-0.4, -0.2) is 107 Å². The van der Waals surface area contributed by atoms with E-state index in [1.54, 1.807) is 23.9 Å². The van der Waals surface area contributed by atoms with Crippen LogP contribution in [-0.2, 0) is 16.6 Å². The standard InChI is InChI=1S/C43H50N8O5S2/c1-47(2)24-22-34(31-57-36-12-6-5-7-13-36)45-39-21-20-37(29-41(39)51(53)54)58(55,56)46-43(52)32-16-18-35(19-17-32)50-27-25-49(26-28-50)30-33-11-10-23-44-42(33)38-14-8-9-15-40(38)48(3)4/h5-21,23,29,34,45H,22,24-28,30-31H2,1-4H3,(H,46,52)/t34-/m1/s1. The van der Waals surface area contributed by atoms with Gasteiger partial charge in [-0.3, -0.25) is 24.8 Å². The van der Waals surface area contributed by atoms with E-state index in [0.717, 1.165) is 78.4 Å². The summed E-state index contributed by atoms with van der Waals surface area (Å²) in [4.78, 5) is 39.0. The fraction of sp³-hybridized carbons (Fsp3) is 0.302. The van der Waals surface area contributed by atoms with E-state index in [4.69, 9.17) is 4.98 Å². The molecule has 6 rings (SSSR count). The van der Waals surface area contributed by atoms with Crippen molar-refractivity contribution in [3.05, 3.63) is 137 Å². The number of nitrogens with zero attached hydrogens (tertiary/aromatic N) is 6. The molecule has 0 bridgehead atoms. The van der Waals surface area contributed by atoms with Crippen LogP contribution in [0.15, 0.2) is 125 Å². The number of benzene rings is 4. The summed E-state index contributed by atoms with van der Waals surface area (Å²) in [5.41, 5.74) is 5.24. The molecule has 1 amide bonds. The lowest BCUT2D eigenvalue weighted by atomic mass is 10.0. The van der Waals surface area contributed by atoms with Crippen molar-refractivity contribution >= 4 is 50.4 Å². The highest BCUT2D eigenvalue weighted by Crippen LogP contribution is 2.32. The number of pyridine rings is 1. The Kier molecular flexibility index (Phi) is 14.0. The van der Waals surface area contributed by atoms with Crippen LogP contribution in [0.1, 0.15) is 22.3 Å². The van der Waals surface area contributed by atoms with Crippen molar-refractivity contribution in [2.75, 3.05) is 81.8 Å². The van der Waals surface area contributed by atoms with Crippen molar-refractivity contribution in [3.8, 4) is 11.3 Å². The molecule has 0 unspecified atom stereocenters. The van der Waals surface area contributed by atoms with Gasteiger partial charge in [0, 0.05) is 98.3 Å². The average Bonchev–Trinajstić information content (AvgIpc) is 3.22. The third kappa shape index (κ3) is 10.9. The first-order chi connectivity index (χ1) is 27.9. The minimum Gasteiger partial charge on any atom is -0.377 e. The molecule has 1 fully saturated rings. The average molecular weight is 823 g/mol. The highest BCUT2D eigenvalue weighted by molar-refractivity contribution is 7.99. The molecular formula is C43H50N8O5S2. The van der Waals surface area contributed by atoms with Crippen LogP contribution in [0.4, 0.5) is 22.7 Å². The van der Waals surface area contributed by atoms with E-state index < -0.39 is 26.5 Å². The Morgan fingerprint density at radius 3 is 2.29 bits per heavy atom. The van der Waals surface area contributed by atoms with Gasteiger partial charge in [-0.05, 0) is 93.3 Å². The Hall–Kier alpha value is -5.48. The Labute approximate surface area is 345 Å². The van der Waals surface area contributed by atoms with Gasteiger partial charge < -0.3 is 20.0 Å². The highest BCUT2D eigenvalue weighted by Gasteiger charge is 2.26. The molecule has 0 saturated carbocycles. The van der Waals surface area contributed by atoms with Crippen molar-refractivity contribution in [2.45, 2.75) is 28.8 Å². The zero-order valence-electron chi connectivity index (χ0n) is 33.2. The molecule has 2 N–H and O–H groups in total. The van der Waals surface area contributed by atoms with Crippen LogP contribution in [0.5, 0.6) is 0 Å². The first-order valence-corrected chi connectivity index (χ1v) is 21.6. The predicted octanol–water partition coefficient (Wildman–Crippen LogP) is 6.69. The molecule has 15 heteroatoms. The summed E-state index contributed by atoms with van der Waals surface area (Å²) in [6, 6.07) is 32.6. The van der Waals surface area contributed by atoms with Gasteiger partial charge in [0.1, 0.15) is 5.69 Å². The number of rotatable bonds is 17. The molecule has 304 valence electrons. The molecule has 5 aromatic rings. The van der Waals surface area contributed by atoms with Gasteiger partial charge in [-0.25, -0.2) is 13.1 Å². The Morgan fingerprint density at radius 1 is 0.897 bits per heavy atom.